The zero-order valence-corrected chi connectivity index (χ0v) is 10.7. The maximum Gasteiger partial charge on any atom is 0.0445 e. The summed E-state index contributed by atoms with van der Waals surface area (Å²) in [5.41, 5.74) is 2.87. The van der Waals surface area contributed by atoms with Crippen molar-refractivity contribution in [3.8, 4) is 0 Å². The molecule has 2 heteroatoms. The van der Waals surface area contributed by atoms with Gasteiger partial charge in [-0.1, -0.05) is 31.2 Å². The zero-order chi connectivity index (χ0) is 12.1. The van der Waals surface area contributed by atoms with Crippen molar-refractivity contribution in [2.45, 2.75) is 51.1 Å². The van der Waals surface area contributed by atoms with Crippen LogP contribution in [-0.4, -0.2) is 17.8 Å². The third-order valence-electron chi connectivity index (χ3n) is 3.57. The van der Waals surface area contributed by atoms with Crippen molar-refractivity contribution in [1.29, 1.82) is 0 Å². The van der Waals surface area contributed by atoms with E-state index in [0.29, 0.717) is 6.04 Å². The van der Waals surface area contributed by atoms with Crippen LogP contribution in [0.5, 0.6) is 0 Å². The highest BCUT2D eigenvalue weighted by Gasteiger charge is 2.23. The molecule has 0 amide bonds. The van der Waals surface area contributed by atoms with Gasteiger partial charge in [0.25, 0.3) is 0 Å². The van der Waals surface area contributed by atoms with Gasteiger partial charge in [-0.15, -0.1) is 0 Å². The van der Waals surface area contributed by atoms with Crippen molar-refractivity contribution < 1.29 is 5.11 Å². The van der Waals surface area contributed by atoms with E-state index < -0.39 is 0 Å². The molecule has 0 saturated heterocycles. The molecule has 0 radical (unpaired) electrons. The Morgan fingerprint density at radius 2 is 2.24 bits per heavy atom. The van der Waals surface area contributed by atoms with Gasteiger partial charge in [0.15, 0.2) is 0 Å². The fourth-order valence-corrected chi connectivity index (χ4v) is 2.24. The topological polar surface area (TPSA) is 32.3 Å². The normalized spacial score (nSPS) is 17.1. The minimum absolute atomic E-state index is 0.271. The van der Waals surface area contributed by atoms with E-state index in [-0.39, 0.29) is 6.61 Å². The molecule has 1 aliphatic carbocycles. The molecule has 1 aromatic rings. The molecule has 1 aromatic carbocycles. The lowest BCUT2D eigenvalue weighted by molar-refractivity contribution is 0.262. The van der Waals surface area contributed by atoms with Gasteiger partial charge in [0, 0.05) is 19.2 Å². The predicted molar refractivity (Wildman–Crippen MR) is 71.0 cm³/mol. The van der Waals surface area contributed by atoms with Crippen LogP contribution in [0, 0.1) is 0 Å². The Bertz CT molecular complexity index is 347. The summed E-state index contributed by atoms with van der Waals surface area (Å²) in [5.74, 6) is 0.828. The van der Waals surface area contributed by atoms with Crippen molar-refractivity contribution in [1.82, 2.24) is 5.32 Å². The number of hydrogen-bond acceptors (Lipinski definition) is 2. The van der Waals surface area contributed by atoms with Crippen LogP contribution in [-0.2, 0) is 6.54 Å². The molecule has 1 unspecified atom stereocenters. The first kappa shape index (κ1) is 12.6. The lowest BCUT2D eigenvalue weighted by atomic mass is 10.1. The fourth-order valence-electron chi connectivity index (χ4n) is 2.24. The summed E-state index contributed by atoms with van der Waals surface area (Å²) in [5, 5.41) is 12.5. The lowest BCUT2D eigenvalue weighted by Crippen LogP contribution is -2.28. The van der Waals surface area contributed by atoms with E-state index in [2.05, 4.69) is 36.5 Å². The molecule has 0 spiro atoms. The quantitative estimate of drug-likeness (QED) is 0.759. The molecule has 0 heterocycles. The van der Waals surface area contributed by atoms with Crippen LogP contribution < -0.4 is 5.32 Å². The molecule has 2 nitrogen and oxygen atoms in total. The Hall–Kier alpha value is -0.860. The van der Waals surface area contributed by atoms with Gasteiger partial charge < -0.3 is 10.4 Å². The van der Waals surface area contributed by atoms with Crippen molar-refractivity contribution in [2.24, 2.45) is 0 Å². The van der Waals surface area contributed by atoms with Gasteiger partial charge in [0.2, 0.25) is 0 Å². The van der Waals surface area contributed by atoms with E-state index in [1.54, 1.807) is 0 Å². The number of benzene rings is 1. The molecule has 94 valence electrons. The third kappa shape index (κ3) is 3.83. The van der Waals surface area contributed by atoms with Crippen molar-refractivity contribution >= 4 is 0 Å². The smallest absolute Gasteiger partial charge is 0.0445 e. The number of aliphatic hydroxyl groups excluding tert-OH is 1. The minimum atomic E-state index is 0.271. The van der Waals surface area contributed by atoms with Crippen LogP contribution in [0.1, 0.15) is 49.7 Å². The highest BCUT2D eigenvalue weighted by Crippen LogP contribution is 2.40. The largest absolute Gasteiger partial charge is 0.396 e. The molecule has 2 N–H and O–H groups in total. The summed E-state index contributed by atoms with van der Waals surface area (Å²) in [6.07, 6.45) is 4.64. The van der Waals surface area contributed by atoms with E-state index in [4.69, 9.17) is 5.11 Å². The van der Waals surface area contributed by atoms with Gasteiger partial charge in [0.1, 0.15) is 0 Å². The van der Waals surface area contributed by atoms with E-state index >= 15 is 0 Å². The zero-order valence-electron chi connectivity index (χ0n) is 10.7. The van der Waals surface area contributed by atoms with Crippen molar-refractivity contribution in [3.05, 3.63) is 35.4 Å². The summed E-state index contributed by atoms with van der Waals surface area (Å²) in [7, 11) is 0. The number of aliphatic hydroxyl groups is 1. The Kier molecular flexibility index (Phi) is 4.57. The maximum absolute atomic E-state index is 8.95. The molecule has 1 fully saturated rings. The van der Waals surface area contributed by atoms with Gasteiger partial charge >= 0.3 is 0 Å². The molecule has 0 aromatic heterocycles. The summed E-state index contributed by atoms with van der Waals surface area (Å²) in [6.45, 7) is 3.35. The monoisotopic (exact) mass is 233 g/mol. The molecule has 0 aliphatic heterocycles. The number of nitrogens with one attached hydrogen (secondary N) is 1. The van der Waals surface area contributed by atoms with Gasteiger partial charge in [-0.2, -0.15) is 0 Å². The van der Waals surface area contributed by atoms with E-state index in [1.165, 1.54) is 24.0 Å². The summed E-state index contributed by atoms with van der Waals surface area (Å²) >= 11 is 0. The van der Waals surface area contributed by atoms with Gasteiger partial charge in [-0.05, 0) is 42.7 Å². The standard InChI is InChI=1S/C15H23NO/c1-2-15(8-9-17)16-11-12-4-3-5-14(10-12)13-6-7-13/h3-5,10,13,15-17H,2,6-9,11H2,1H3. The Balaban J connectivity index is 1.87. The van der Waals surface area contributed by atoms with E-state index in [0.717, 1.165) is 25.3 Å². The Morgan fingerprint density at radius 3 is 2.88 bits per heavy atom. The van der Waals surface area contributed by atoms with E-state index in [1.807, 2.05) is 0 Å². The summed E-state index contributed by atoms with van der Waals surface area (Å²) in [6, 6.07) is 9.36. The molecule has 1 saturated carbocycles. The van der Waals surface area contributed by atoms with Crippen LogP contribution >= 0.6 is 0 Å². The SMILES string of the molecule is CCC(CCO)NCc1cccc(C2CC2)c1. The molecule has 1 atom stereocenters. The van der Waals surface area contributed by atoms with Gasteiger partial charge in [0.05, 0.1) is 0 Å². The predicted octanol–water partition coefficient (Wildman–Crippen LogP) is 2.81. The molecular weight excluding hydrogens is 210 g/mol. The van der Waals surface area contributed by atoms with Gasteiger partial charge in [-0.25, -0.2) is 0 Å². The second-order valence-corrected chi connectivity index (χ2v) is 5.02. The second kappa shape index (κ2) is 6.18. The summed E-state index contributed by atoms with van der Waals surface area (Å²) in [4.78, 5) is 0. The first-order chi connectivity index (χ1) is 8.33. The third-order valence-corrected chi connectivity index (χ3v) is 3.57. The average Bonchev–Trinajstić information content (AvgIpc) is 3.19. The highest BCUT2D eigenvalue weighted by atomic mass is 16.3. The van der Waals surface area contributed by atoms with Crippen LogP contribution in [0.3, 0.4) is 0 Å². The van der Waals surface area contributed by atoms with Crippen molar-refractivity contribution in [3.63, 3.8) is 0 Å². The maximum atomic E-state index is 8.95. The van der Waals surface area contributed by atoms with E-state index in [9.17, 15) is 0 Å². The molecule has 0 bridgehead atoms. The second-order valence-electron chi connectivity index (χ2n) is 5.02. The number of hydrogen-bond donors (Lipinski definition) is 2. The molecule has 2 rings (SSSR count). The number of rotatable bonds is 7. The van der Waals surface area contributed by atoms with Gasteiger partial charge in [-0.3, -0.25) is 0 Å². The molecule has 1 aliphatic rings. The molecule has 17 heavy (non-hydrogen) atoms. The lowest BCUT2D eigenvalue weighted by Gasteiger charge is -2.16. The fraction of sp³-hybridized carbons (Fsp3) is 0.600. The first-order valence-electron chi connectivity index (χ1n) is 6.76. The van der Waals surface area contributed by atoms with Crippen LogP contribution in [0.25, 0.3) is 0 Å². The van der Waals surface area contributed by atoms with Crippen LogP contribution in [0.2, 0.25) is 0 Å². The Morgan fingerprint density at radius 1 is 1.41 bits per heavy atom. The van der Waals surface area contributed by atoms with Crippen LogP contribution in [0.4, 0.5) is 0 Å². The minimum Gasteiger partial charge on any atom is -0.396 e. The molecular formula is C15H23NO. The van der Waals surface area contributed by atoms with Crippen molar-refractivity contribution in [2.75, 3.05) is 6.61 Å². The van der Waals surface area contributed by atoms with Crippen LogP contribution in [0.15, 0.2) is 24.3 Å². The summed E-state index contributed by atoms with van der Waals surface area (Å²) < 4.78 is 0. The Labute approximate surface area is 104 Å². The highest BCUT2D eigenvalue weighted by molar-refractivity contribution is 5.29. The average molecular weight is 233 g/mol. The first-order valence-corrected chi connectivity index (χ1v) is 6.76.